The van der Waals surface area contributed by atoms with Gasteiger partial charge in [-0.1, -0.05) is 38.3 Å². The number of hydrogen-bond donors (Lipinski definition) is 2. The maximum atomic E-state index is 12.0. The van der Waals surface area contributed by atoms with Crippen LogP contribution in [0.2, 0.25) is 5.02 Å². The van der Waals surface area contributed by atoms with Crippen molar-refractivity contribution in [3.05, 3.63) is 28.8 Å². The Morgan fingerprint density at radius 1 is 1.35 bits per heavy atom. The molecule has 6 heteroatoms. The van der Waals surface area contributed by atoms with Crippen molar-refractivity contribution < 1.29 is 14.3 Å². The highest BCUT2D eigenvalue weighted by Gasteiger charge is 2.28. The number of nitrogens with one attached hydrogen (secondary N) is 1. The highest BCUT2D eigenvalue weighted by Crippen LogP contribution is 2.29. The van der Waals surface area contributed by atoms with Crippen molar-refractivity contribution in [3.63, 3.8) is 0 Å². The molecule has 3 atom stereocenters. The lowest BCUT2D eigenvalue weighted by molar-refractivity contribution is -0.125. The summed E-state index contributed by atoms with van der Waals surface area (Å²) in [6.45, 7) is 4.03. The van der Waals surface area contributed by atoms with Gasteiger partial charge >= 0.3 is 5.97 Å². The Bertz CT molecular complexity index is 591. The molecule has 3 N–H and O–H groups in total. The van der Waals surface area contributed by atoms with Crippen molar-refractivity contribution >= 4 is 29.2 Å². The number of anilines is 1. The molecule has 1 aromatic rings. The highest BCUT2D eigenvalue weighted by atomic mass is 35.5. The molecule has 2 rings (SSSR count). The maximum absolute atomic E-state index is 12.0. The Kier molecular flexibility index (Phi) is 5.88. The first-order valence-electron chi connectivity index (χ1n) is 7.90. The van der Waals surface area contributed by atoms with E-state index in [1.54, 1.807) is 6.07 Å². The molecule has 1 saturated carbocycles. The fraction of sp³-hybridized carbons (Fsp3) is 0.529. The number of nitrogens with two attached hydrogens (primary N) is 1. The molecule has 0 aliphatic heterocycles. The van der Waals surface area contributed by atoms with Crippen molar-refractivity contribution in [3.8, 4) is 0 Å². The molecule has 1 amide bonds. The van der Waals surface area contributed by atoms with E-state index in [0.717, 1.165) is 12.8 Å². The number of amides is 1. The lowest BCUT2D eigenvalue weighted by Crippen LogP contribution is -2.45. The van der Waals surface area contributed by atoms with E-state index in [9.17, 15) is 9.59 Å². The number of benzene rings is 1. The van der Waals surface area contributed by atoms with E-state index < -0.39 is 5.97 Å². The van der Waals surface area contributed by atoms with Crippen LogP contribution in [0.15, 0.2) is 18.2 Å². The normalized spacial score (nSPS) is 24.0. The van der Waals surface area contributed by atoms with E-state index in [2.05, 4.69) is 19.2 Å². The largest absolute Gasteiger partial charge is 0.452 e. The van der Waals surface area contributed by atoms with E-state index in [0.29, 0.717) is 16.9 Å². The smallest absolute Gasteiger partial charge is 0.340 e. The van der Waals surface area contributed by atoms with Gasteiger partial charge in [0.1, 0.15) is 0 Å². The number of carbonyl (C=O) groups is 2. The van der Waals surface area contributed by atoms with Gasteiger partial charge in [-0.15, -0.1) is 0 Å². The third kappa shape index (κ3) is 4.61. The predicted octanol–water partition coefficient (Wildman–Crippen LogP) is 3.02. The van der Waals surface area contributed by atoms with E-state index >= 15 is 0 Å². The first kappa shape index (κ1) is 17.6. The molecule has 5 nitrogen and oxygen atoms in total. The fourth-order valence-corrected chi connectivity index (χ4v) is 3.12. The number of rotatable bonds is 4. The van der Waals surface area contributed by atoms with Crippen LogP contribution in [0, 0.1) is 11.8 Å². The summed E-state index contributed by atoms with van der Waals surface area (Å²) in [5.74, 6) is 0.0740. The van der Waals surface area contributed by atoms with E-state index in [1.165, 1.54) is 18.6 Å². The number of ether oxygens (including phenoxy) is 1. The van der Waals surface area contributed by atoms with Crippen molar-refractivity contribution in [1.29, 1.82) is 0 Å². The van der Waals surface area contributed by atoms with Gasteiger partial charge in [-0.25, -0.2) is 4.79 Å². The number of esters is 1. The summed E-state index contributed by atoms with van der Waals surface area (Å²) in [4.78, 5) is 24.0. The second kappa shape index (κ2) is 7.68. The number of nitrogen functional groups attached to an aromatic ring is 1. The van der Waals surface area contributed by atoms with Crippen molar-refractivity contribution in [2.45, 2.75) is 39.2 Å². The van der Waals surface area contributed by atoms with E-state index in [1.807, 2.05) is 0 Å². The van der Waals surface area contributed by atoms with Gasteiger partial charge in [-0.3, -0.25) is 4.79 Å². The molecule has 1 fully saturated rings. The van der Waals surface area contributed by atoms with Crippen LogP contribution in [0.4, 0.5) is 5.69 Å². The van der Waals surface area contributed by atoms with Crippen LogP contribution in [0.25, 0.3) is 0 Å². The minimum atomic E-state index is -0.648. The Morgan fingerprint density at radius 2 is 2.09 bits per heavy atom. The van der Waals surface area contributed by atoms with Gasteiger partial charge in [0.05, 0.1) is 5.56 Å². The van der Waals surface area contributed by atoms with Crippen LogP contribution >= 0.6 is 11.6 Å². The number of halogens is 1. The van der Waals surface area contributed by atoms with Crippen molar-refractivity contribution in [1.82, 2.24) is 5.32 Å². The molecular weight excluding hydrogens is 316 g/mol. The van der Waals surface area contributed by atoms with Crippen molar-refractivity contribution in [2.75, 3.05) is 12.3 Å². The zero-order valence-electron chi connectivity index (χ0n) is 13.5. The third-order valence-corrected chi connectivity index (χ3v) is 4.86. The lowest BCUT2D eigenvalue weighted by atomic mass is 9.78. The summed E-state index contributed by atoms with van der Waals surface area (Å²) >= 11 is 5.84. The van der Waals surface area contributed by atoms with Crippen LogP contribution in [-0.4, -0.2) is 24.5 Å². The van der Waals surface area contributed by atoms with E-state index in [4.69, 9.17) is 22.1 Å². The number of carbonyl (C=O) groups excluding carboxylic acids is 2. The summed E-state index contributed by atoms with van der Waals surface area (Å²) in [6.07, 6.45) is 3.26. The third-order valence-electron chi connectivity index (χ3n) is 4.62. The molecular formula is C17H23ClN2O3. The minimum absolute atomic E-state index is 0.140. The molecule has 1 aliphatic rings. The summed E-state index contributed by atoms with van der Waals surface area (Å²) in [5.41, 5.74) is 6.16. The van der Waals surface area contributed by atoms with E-state index in [-0.39, 0.29) is 29.8 Å². The zero-order valence-corrected chi connectivity index (χ0v) is 14.2. The fourth-order valence-electron chi connectivity index (χ4n) is 2.95. The average Bonchev–Trinajstić information content (AvgIpc) is 2.52. The maximum Gasteiger partial charge on any atom is 0.340 e. The van der Waals surface area contributed by atoms with Gasteiger partial charge in [-0.2, -0.15) is 0 Å². The predicted molar refractivity (Wildman–Crippen MR) is 90.3 cm³/mol. The first-order chi connectivity index (χ1) is 10.9. The van der Waals surface area contributed by atoms with Crippen LogP contribution in [0.5, 0.6) is 0 Å². The highest BCUT2D eigenvalue weighted by molar-refractivity contribution is 6.31. The topological polar surface area (TPSA) is 81.4 Å². The van der Waals surface area contributed by atoms with Crippen LogP contribution in [-0.2, 0) is 9.53 Å². The second-order valence-corrected chi connectivity index (χ2v) is 6.69. The molecule has 126 valence electrons. The molecule has 0 spiro atoms. The zero-order chi connectivity index (χ0) is 17.0. The monoisotopic (exact) mass is 338 g/mol. The van der Waals surface area contributed by atoms with Gasteiger partial charge in [-0.05, 0) is 36.5 Å². The molecule has 0 saturated heterocycles. The Balaban J connectivity index is 1.86. The quantitative estimate of drug-likeness (QED) is 0.653. The first-order valence-corrected chi connectivity index (χ1v) is 8.27. The summed E-state index contributed by atoms with van der Waals surface area (Å²) in [5, 5.41) is 3.35. The summed E-state index contributed by atoms with van der Waals surface area (Å²) in [7, 11) is 0. The average molecular weight is 339 g/mol. The molecule has 0 bridgehead atoms. The molecule has 0 aromatic heterocycles. The minimum Gasteiger partial charge on any atom is -0.452 e. The molecule has 1 aromatic carbocycles. The SMILES string of the molecule is C[C@@H]1[C@H](C)CCC[C@@H]1NC(=O)COC(=O)c1cc(Cl)ccc1N. The molecule has 0 heterocycles. The van der Waals surface area contributed by atoms with Crippen LogP contribution < -0.4 is 11.1 Å². The van der Waals surface area contributed by atoms with Gasteiger partial charge < -0.3 is 15.8 Å². The number of hydrogen-bond acceptors (Lipinski definition) is 4. The Labute approximate surface area is 141 Å². The molecule has 0 radical (unpaired) electrons. The van der Waals surface area contributed by atoms with Gasteiger partial charge in [0.25, 0.3) is 5.91 Å². The Morgan fingerprint density at radius 3 is 2.83 bits per heavy atom. The second-order valence-electron chi connectivity index (χ2n) is 6.25. The van der Waals surface area contributed by atoms with Crippen LogP contribution in [0.3, 0.4) is 0 Å². The van der Waals surface area contributed by atoms with Gasteiger partial charge in [0.15, 0.2) is 6.61 Å². The summed E-state index contributed by atoms with van der Waals surface area (Å²) in [6, 6.07) is 4.69. The lowest BCUT2D eigenvalue weighted by Gasteiger charge is -2.34. The molecule has 0 unspecified atom stereocenters. The van der Waals surface area contributed by atoms with Crippen molar-refractivity contribution in [2.24, 2.45) is 11.8 Å². The Hall–Kier alpha value is -1.75. The van der Waals surface area contributed by atoms with Crippen LogP contribution in [0.1, 0.15) is 43.5 Å². The molecule has 1 aliphatic carbocycles. The summed E-state index contributed by atoms with van der Waals surface area (Å²) < 4.78 is 5.04. The standard InChI is InChI=1S/C17H23ClN2O3/c1-10-4-3-5-15(11(10)2)20-16(21)9-23-17(22)13-8-12(18)6-7-14(13)19/h6-8,10-11,15H,3-5,9,19H2,1-2H3,(H,20,21)/t10-,11-,15+/m1/s1. The van der Waals surface area contributed by atoms with Gasteiger partial charge in [0.2, 0.25) is 0 Å². The molecule has 23 heavy (non-hydrogen) atoms. The van der Waals surface area contributed by atoms with Gasteiger partial charge in [0, 0.05) is 16.8 Å².